The van der Waals surface area contributed by atoms with Crippen LogP contribution in [-0.2, 0) is 19.6 Å². The molecular formula is C9H12N2O6S2. The lowest BCUT2D eigenvalue weighted by atomic mass is 10.5. The Labute approximate surface area is 113 Å². The monoisotopic (exact) mass is 308 g/mol. The molecule has 0 bridgehead atoms. The van der Waals surface area contributed by atoms with Gasteiger partial charge in [0.2, 0.25) is 15.9 Å². The van der Waals surface area contributed by atoms with Gasteiger partial charge in [0.25, 0.3) is 0 Å². The van der Waals surface area contributed by atoms with Crippen LogP contribution in [0.4, 0.5) is 0 Å². The third kappa shape index (κ3) is 4.59. The maximum Gasteiger partial charge on any atom is 0.347 e. The number of carboxylic acids is 1. The first-order valence-corrected chi connectivity index (χ1v) is 7.37. The second-order valence-corrected chi connectivity index (χ2v) is 5.99. The van der Waals surface area contributed by atoms with Gasteiger partial charge in [0, 0.05) is 6.54 Å². The number of nitrogens with one attached hydrogen (secondary N) is 1. The largest absolute Gasteiger partial charge is 0.477 e. The van der Waals surface area contributed by atoms with Crippen molar-refractivity contribution in [1.29, 1.82) is 0 Å². The molecule has 106 valence electrons. The number of ether oxygens (including phenoxy) is 1. The number of aromatic carboxylic acids is 1. The van der Waals surface area contributed by atoms with Crippen LogP contribution >= 0.6 is 11.3 Å². The number of sulfonamides is 1. The average Bonchev–Trinajstić information content (AvgIpc) is 2.77. The third-order valence-corrected chi connectivity index (χ3v) is 4.43. The lowest BCUT2D eigenvalue weighted by Gasteiger charge is -2.06. The summed E-state index contributed by atoms with van der Waals surface area (Å²) in [5.41, 5.74) is 4.82. The van der Waals surface area contributed by atoms with Gasteiger partial charge in [-0.25, -0.2) is 17.9 Å². The molecule has 1 heterocycles. The number of hydrogen-bond acceptors (Lipinski definition) is 6. The van der Waals surface area contributed by atoms with Crippen molar-refractivity contribution < 1.29 is 27.9 Å². The number of rotatable bonds is 8. The number of carbonyl (C=O) groups excluding carboxylic acids is 1. The fraction of sp³-hybridized carbons (Fsp3) is 0.333. The minimum absolute atomic E-state index is 0.0469. The molecule has 0 saturated heterocycles. The zero-order valence-corrected chi connectivity index (χ0v) is 11.3. The summed E-state index contributed by atoms with van der Waals surface area (Å²) in [6, 6.07) is 1.21. The summed E-state index contributed by atoms with van der Waals surface area (Å²) < 4.78 is 30.5. The molecule has 0 saturated carbocycles. The molecule has 1 aromatic heterocycles. The molecule has 19 heavy (non-hydrogen) atoms. The van der Waals surface area contributed by atoms with Crippen molar-refractivity contribution in [1.82, 2.24) is 4.72 Å². The molecule has 0 aliphatic rings. The van der Waals surface area contributed by atoms with E-state index in [4.69, 9.17) is 15.6 Å². The highest BCUT2D eigenvalue weighted by molar-refractivity contribution is 7.89. The van der Waals surface area contributed by atoms with Crippen LogP contribution in [0.3, 0.4) is 0 Å². The maximum absolute atomic E-state index is 11.8. The van der Waals surface area contributed by atoms with Gasteiger partial charge in [-0.1, -0.05) is 0 Å². The summed E-state index contributed by atoms with van der Waals surface area (Å²) in [5, 5.41) is 10.2. The minimum Gasteiger partial charge on any atom is -0.477 e. The fourth-order valence-electron chi connectivity index (χ4n) is 1.16. The van der Waals surface area contributed by atoms with Gasteiger partial charge in [-0.2, -0.15) is 0 Å². The SMILES string of the molecule is NC(=O)COCCNS(=O)(=O)c1ccsc1C(=O)O. The lowest BCUT2D eigenvalue weighted by Crippen LogP contribution is -2.29. The van der Waals surface area contributed by atoms with E-state index < -0.39 is 21.9 Å². The standard InChI is InChI=1S/C9H12N2O6S2/c10-7(12)5-17-3-2-11-19(15,16)6-1-4-18-8(6)9(13)14/h1,4,11H,2-3,5H2,(H2,10,12)(H,13,14). The molecule has 1 aromatic rings. The zero-order chi connectivity index (χ0) is 14.5. The normalized spacial score (nSPS) is 11.4. The van der Waals surface area contributed by atoms with Crippen molar-refractivity contribution in [2.75, 3.05) is 19.8 Å². The number of nitrogens with two attached hydrogens (primary N) is 1. The highest BCUT2D eigenvalue weighted by Gasteiger charge is 2.23. The molecule has 0 atom stereocenters. The molecule has 0 spiro atoms. The molecular weight excluding hydrogens is 296 g/mol. The summed E-state index contributed by atoms with van der Waals surface area (Å²) in [5.74, 6) is -1.96. The van der Waals surface area contributed by atoms with Crippen molar-refractivity contribution in [2.24, 2.45) is 5.73 Å². The van der Waals surface area contributed by atoms with Crippen LogP contribution in [0, 0.1) is 0 Å². The second kappa shape index (κ2) is 6.61. The van der Waals surface area contributed by atoms with E-state index in [2.05, 4.69) is 4.72 Å². The van der Waals surface area contributed by atoms with Gasteiger partial charge in [-0.15, -0.1) is 11.3 Å². The summed E-state index contributed by atoms with van der Waals surface area (Å²) in [7, 11) is -3.91. The highest BCUT2D eigenvalue weighted by Crippen LogP contribution is 2.21. The summed E-state index contributed by atoms with van der Waals surface area (Å²) in [4.78, 5) is 20.6. The quantitative estimate of drug-likeness (QED) is 0.539. The number of primary amides is 1. The molecule has 4 N–H and O–H groups in total. The van der Waals surface area contributed by atoms with E-state index in [1.807, 2.05) is 0 Å². The summed E-state index contributed by atoms with van der Waals surface area (Å²) in [6.07, 6.45) is 0. The van der Waals surface area contributed by atoms with E-state index in [0.29, 0.717) is 0 Å². The third-order valence-electron chi connectivity index (χ3n) is 1.90. The van der Waals surface area contributed by atoms with Crippen molar-refractivity contribution in [3.8, 4) is 0 Å². The molecule has 0 aromatic carbocycles. The van der Waals surface area contributed by atoms with Gasteiger partial charge in [-0.3, -0.25) is 4.79 Å². The Balaban J connectivity index is 2.59. The van der Waals surface area contributed by atoms with Gasteiger partial charge in [0.05, 0.1) is 6.61 Å². The zero-order valence-electron chi connectivity index (χ0n) is 9.66. The van der Waals surface area contributed by atoms with E-state index in [-0.39, 0.29) is 29.5 Å². The van der Waals surface area contributed by atoms with Crippen molar-refractivity contribution in [3.63, 3.8) is 0 Å². The summed E-state index contributed by atoms with van der Waals surface area (Å²) in [6.45, 7) is -0.445. The predicted molar refractivity (Wildman–Crippen MR) is 66.5 cm³/mol. The van der Waals surface area contributed by atoms with Gasteiger partial charge in [0.1, 0.15) is 16.4 Å². The van der Waals surface area contributed by atoms with Crippen LogP contribution in [0.1, 0.15) is 9.67 Å². The average molecular weight is 308 g/mol. The number of amides is 1. The molecule has 1 rings (SSSR count). The molecule has 0 aliphatic carbocycles. The Hall–Kier alpha value is -1.49. The lowest BCUT2D eigenvalue weighted by molar-refractivity contribution is -0.122. The van der Waals surface area contributed by atoms with Crippen LogP contribution in [0.25, 0.3) is 0 Å². The van der Waals surface area contributed by atoms with E-state index in [9.17, 15) is 18.0 Å². The first kappa shape index (κ1) is 15.6. The van der Waals surface area contributed by atoms with Crippen LogP contribution < -0.4 is 10.5 Å². The molecule has 1 amide bonds. The van der Waals surface area contributed by atoms with Crippen LogP contribution in [-0.4, -0.2) is 45.2 Å². The Kier molecular flexibility index (Phi) is 5.42. The van der Waals surface area contributed by atoms with Crippen LogP contribution in [0.2, 0.25) is 0 Å². The van der Waals surface area contributed by atoms with E-state index in [1.54, 1.807) is 0 Å². The smallest absolute Gasteiger partial charge is 0.347 e. The molecule has 10 heteroatoms. The minimum atomic E-state index is -3.91. The fourth-order valence-corrected chi connectivity index (χ4v) is 3.43. The van der Waals surface area contributed by atoms with Crippen molar-refractivity contribution in [2.45, 2.75) is 4.90 Å². The van der Waals surface area contributed by atoms with Gasteiger partial charge >= 0.3 is 5.97 Å². The van der Waals surface area contributed by atoms with E-state index in [1.165, 1.54) is 11.4 Å². The highest BCUT2D eigenvalue weighted by atomic mass is 32.2. The maximum atomic E-state index is 11.8. The molecule has 0 fully saturated rings. The predicted octanol–water partition coefficient (Wildman–Crippen LogP) is -0.773. The van der Waals surface area contributed by atoms with Crippen molar-refractivity contribution in [3.05, 3.63) is 16.3 Å². The Morgan fingerprint density at radius 2 is 2.16 bits per heavy atom. The first-order chi connectivity index (χ1) is 8.84. The van der Waals surface area contributed by atoms with Gasteiger partial charge < -0.3 is 15.6 Å². The number of carboxylic acid groups (broad SMARTS) is 1. The van der Waals surface area contributed by atoms with Crippen molar-refractivity contribution >= 4 is 33.2 Å². The van der Waals surface area contributed by atoms with Gasteiger partial charge in [0.15, 0.2) is 0 Å². The summed E-state index contributed by atoms with van der Waals surface area (Å²) >= 11 is 0.821. The topological polar surface area (TPSA) is 136 Å². The molecule has 0 radical (unpaired) electrons. The number of carbonyl (C=O) groups is 2. The van der Waals surface area contributed by atoms with Crippen LogP contribution in [0.5, 0.6) is 0 Å². The first-order valence-electron chi connectivity index (χ1n) is 5.01. The molecule has 0 aliphatic heterocycles. The van der Waals surface area contributed by atoms with E-state index in [0.717, 1.165) is 11.3 Å². The molecule has 0 unspecified atom stereocenters. The van der Waals surface area contributed by atoms with E-state index >= 15 is 0 Å². The number of thiophene rings is 1. The van der Waals surface area contributed by atoms with Crippen LogP contribution in [0.15, 0.2) is 16.3 Å². The molecule has 8 nitrogen and oxygen atoms in total. The van der Waals surface area contributed by atoms with Gasteiger partial charge in [-0.05, 0) is 11.4 Å². The Morgan fingerprint density at radius 1 is 1.47 bits per heavy atom. The second-order valence-electron chi connectivity index (χ2n) is 3.34. The number of hydrogen-bond donors (Lipinski definition) is 3. The Morgan fingerprint density at radius 3 is 2.74 bits per heavy atom. The Bertz CT molecular complexity index is 565.